The second-order valence-corrected chi connectivity index (χ2v) is 6.04. The Bertz CT molecular complexity index is 740. The van der Waals surface area contributed by atoms with Gasteiger partial charge in [-0.2, -0.15) is 0 Å². The number of aromatic nitrogens is 2. The van der Waals surface area contributed by atoms with Gasteiger partial charge in [0.05, 0.1) is 6.54 Å². The van der Waals surface area contributed by atoms with Gasteiger partial charge in [-0.3, -0.25) is 13.9 Å². The van der Waals surface area contributed by atoms with Crippen LogP contribution in [0.3, 0.4) is 0 Å². The zero-order valence-corrected chi connectivity index (χ0v) is 12.7. The molecule has 0 saturated heterocycles. The molecule has 4 heteroatoms. The molecule has 0 radical (unpaired) electrons. The lowest BCUT2D eigenvalue weighted by Gasteiger charge is -2.10. The minimum absolute atomic E-state index is 0.000599. The number of carbonyl (C=O) groups excluding carboxylic acids is 1. The lowest BCUT2D eigenvalue weighted by atomic mass is 9.96. The average molecular weight is 284 g/mol. The maximum Gasteiger partial charge on any atom is 0.328 e. The summed E-state index contributed by atoms with van der Waals surface area (Å²) in [7, 11) is 0. The van der Waals surface area contributed by atoms with Crippen LogP contribution in [-0.2, 0) is 6.54 Å². The predicted octanol–water partition coefficient (Wildman–Crippen LogP) is 2.79. The summed E-state index contributed by atoms with van der Waals surface area (Å²) < 4.78 is 3.25. The van der Waals surface area contributed by atoms with Crippen molar-refractivity contribution in [2.75, 3.05) is 0 Å². The molecule has 2 aromatic rings. The number of rotatable bonds is 4. The van der Waals surface area contributed by atoms with Crippen LogP contribution in [0, 0.1) is 20.8 Å². The fourth-order valence-electron chi connectivity index (χ4n) is 3.03. The molecule has 1 aliphatic rings. The second-order valence-electron chi connectivity index (χ2n) is 6.04. The molecular weight excluding hydrogens is 264 g/mol. The molecule has 0 bridgehead atoms. The van der Waals surface area contributed by atoms with E-state index in [-0.39, 0.29) is 18.0 Å². The Labute approximate surface area is 124 Å². The Morgan fingerprint density at radius 2 is 1.76 bits per heavy atom. The summed E-state index contributed by atoms with van der Waals surface area (Å²) in [6, 6.07) is 4.37. The first-order valence-electron chi connectivity index (χ1n) is 7.35. The van der Waals surface area contributed by atoms with Crippen molar-refractivity contribution in [2.24, 2.45) is 0 Å². The van der Waals surface area contributed by atoms with E-state index < -0.39 is 0 Å². The van der Waals surface area contributed by atoms with Crippen molar-refractivity contribution in [3.05, 3.63) is 57.3 Å². The molecule has 1 aromatic carbocycles. The molecule has 3 rings (SSSR count). The summed E-state index contributed by atoms with van der Waals surface area (Å²) >= 11 is 0. The Balaban J connectivity index is 1.89. The number of imidazole rings is 1. The minimum Gasteiger partial charge on any atom is -0.296 e. The van der Waals surface area contributed by atoms with Crippen molar-refractivity contribution in [1.82, 2.24) is 9.13 Å². The van der Waals surface area contributed by atoms with Gasteiger partial charge in [-0.25, -0.2) is 4.79 Å². The molecule has 1 heterocycles. The van der Waals surface area contributed by atoms with Gasteiger partial charge in [0.15, 0.2) is 5.78 Å². The normalized spacial score (nSPS) is 14.4. The molecule has 0 unspecified atom stereocenters. The molecule has 0 amide bonds. The molecule has 0 aliphatic heterocycles. The molecule has 1 fully saturated rings. The number of hydrogen-bond donors (Lipinski definition) is 0. The molecule has 4 nitrogen and oxygen atoms in total. The van der Waals surface area contributed by atoms with Gasteiger partial charge < -0.3 is 0 Å². The number of carbonyl (C=O) groups is 1. The standard InChI is InChI=1S/C17H20N2O2/c1-11-8-12(2)16(13(3)9-11)15(20)10-18-6-7-19(17(18)21)14-4-5-14/h6-9,14H,4-5,10H2,1-3H3. The zero-order valence-electron chi connectivity index (χ0n) is 12.7. The Morgan fingerprint density at radius 1 is 1.14 bits per heavy atom. The Kier molecular flexibility index (Phi) is 3.32. The van der Waals surface area contributed by atoms with Crippen LogP contribution in [-0.4, -0.2) is 14.9 Å². The van der Waals surface area contributed by atoms with Crippen molar-refractivity contribution in [1.29, 1.82) is 0 Å². The SMILES string of the molecule is Cc1cc(C)c(C(=O)Cn2ccn(C3CC3)c2=O)c(C)c1. The van der Waals surface area contributed by atoms with Gasteiger partial charge in [0.25, 0.3) is 0 Å². The van der Waals surface area contributed by atoms with Gasteiger partial charge in [0.1, 0.15) is 0 Å². The fourth-order valence-corrected chi connectivity index (χ4v) is 3.03. The molecule has 1 aliphatic carbocycles. The Hall–Kier alpha value is -2.10. The third-order valence-corrected chi connectivity index (χ3v) is 4.08. The summed E-state index contributed by atoms with van der Waals surface area (Å²) in [5, 5.41) is 0. The van der Waals surface area contributed by atoms with Gasteiger partial charge in [-0.05, 0) is 44.7 Å². The number of nitrogens with zero attached hydrogens (tertiary/aromatic N) is 2. The Morgan fingerprint density at radius 3 is 2.33 bits per heavy atom. The highest BCUT2D eigenvalue weighted by Crippen LogP contribution is 2.33. The largest absolute Gasteiger partial charge is 0.328 e. The van der Waals surface area contributed by atoms with Gasteiger partial charge in [-0.1, -0.05) is 17.7 Å². The van der Waals surface area contributed by atoms with E-state index >= 15 is 0 Å². The maximum absolute atomic E-state index is 12.5. The fraction of sp³-hybridized carbons (Fsp3) is 0.412. The van der Waals surface area contributed by atoms with Crippen LogP contribution in [0.15, 0.2) is 29.3 Å². The highest BCUT2D eigenvalue weighted by atomic mass is 16.2. The molecule has 1 saturated carbocycles. The monoisotopic (exact) mass is 284 g/mol. The van der Waals surface area contributed by atoms with Crippen molar-refractivity contribution in [2.45, 2.75) is 46.2 Å². The molecule has 0 spiro atoms. The molecule has 0 atom stereocenters. The van der Waals surface area contributed by atoms with Gasteiger partial charge in [0, 0.05) is 24.0 Å². The number of benzene rings is 1. The van der Waals surface area contributed by atoms with E-state index in [1.54, 1.807) is 17.0 Å². The van der Waals surface area contributed by atoms with E-state index in [0.717, 1.165) is 35.1 Å². The summed E-state index contributed by atoms with van der Waals surface area (Å²) in [6.07, 6.45) is 5.64. The van der Waals surface area contributed by atoms with Crippen molar-refractivity contribution < 1.29 is 4.79 Å². The molecule has 1 aromatic heterocycles. The molecule has 110 valence electrons. The van der Waals surface area contributed by atoms with E-state index in [2.05, 4.69) is 0 Å². The van der Waals surface area contributed by atoms with E-state index in [1.807, 2.05) is 32.9 Å². The summed E-state index contributed by atoms with van der Waals surface area (Å²) in [5.74, 6) is 0.000599. The van der Waals surface area contributed by atoms with E-state index in [1.165, 1.54) is 4.57 Å². The predicted molar refractivity (Wildman–Crippen MR) is 81.9 cm³/mol. The first-order chi connectivity index (χ1) is 9.97. The van der Waals surface area contributed by atoms with Crippen molar-refractivity contribution in [3.8, 4) is 0 Å². The van der Waals surface area contributed by atoms with Crippen LogP contribution in [0.4, 0.5) is 0 Å². The number of aryl methyl sites for hydroxylation is 3. The lowest BCUT2D eigenvalue weighted by Crippen LogP contribution is -2.26. The smallest absolute Gasteiger partial charge is 0.296 e. The van der Waals surface area contributed by atoms with Crippen LogP contribution in [0.2, 0.25) is 0 Å². The first kappa shape index (κ1) is 13.9. The van der Waals surface area contributed by atoms with Crippen molar-refractivity contribution >= 4 is 5.78 Å². The quantitative estimate of drug-likeness (QED) is 0.810. The highest BCUT2D eigenvalue weighted by molar-refractivity contribution is 5.98. The molecule has 0 N–H and O–H groups in total. The average Bonchev–Trinajstić information content (AvgIpc) is 3.15. The van der Waals surface area contributed by atoms with Crippen LogP contribution in [0.5, 0.6) is 0 Å². The van der Waals surface area contributed by atoms with E-state index in [4.69, 9.17) is 0 Å². The van der Waals surface area contributed by atoms with Crippen molar-refractivity contribution in [3.63, 3.8) is 0 Å². The van der Waals surface area contributed by atoms with Crippen LogP contribution >= 0.6 is 0 Å². The second kappa shape index (κ2) is 5.02. The minimum atomic E-state index is -0.0757. The van der Waals surface area contributed by atoms with Gasteiger partial charge in [-0.15, -0.1) is 0 Å². The van der Waals surface area contributed by atoms with E-state index in [9.17, 15) is 9.59 Å². The number of Topliss-reactive ketones (excluding diaryl/α,β-unsaturated/α-hetero) is 1. The number of hydrogen-bond acceptors (Lipinski definition) is 2. The highest BCUT2D eigenvalue weighted by Gasteiger charge is 2.26. The zero-order chi connectivity index (χ0) is 15.1. The topological polar surface area (TPSA) is 44.0 Å². The van der Waals surface area contributed by atoms with Crippen LogP contribution in [0.1, 0.15) is 45.9 Å². The maximum atomic E-state index is 12.5. The van der Waals surface area contributed by atoms with E-state index in [0.29, 0.717) is 6.04 Å². The summed E-state index contributed by atoms with van der Waals surface area (Å²) in [4.78, 5) is 24.8. The molecule has 21 heavy (non-hydrogen) atoms. The third kappa shape index (κ3) is 2.58. The van der Waals surface area contributed by atoms with Gasteiger partial charge >= 0.3 is 5.69 Å². The molecular formula is C17H20N2O2. The summed E-state index contributed by atoms with van der Waals surface area (Å²) in [6.45, 7) is 6.04. The summed E-state index contributed by atoms with van der Waals surface area (Å²) in [5.41, 5.74) is 3.78. The van der Waals surface area contributed by atoms with Crippen LogP contribution < -0.4 is 5.69 Å². The van der Waals surface area contributed by atoms with Gasteiger partial charge in [0.2, 0.25) is 0 Å². The van der Waals surface area contributed by atoms with Crippen LogP contribution in [0.25, 0.3) is 0 Å². The first-order valence-corrected chi connectivity index (χ1v) is 7.35. The third-order valence-electron chi connectivity index (χ3n) is 4.08. The number of ketones is 1. The lowest BCUT2D eigenvalue weighted by molar-refractivity contribution is 0.0969.